The van der Waals surface area contributed by atoms with Crippen molar-refractivity contribution >= 4 is 11.8 Å². The van der Waals surface area contributed by atoms with Crippen LogP contribution >= 0.6 is 0 Å². The molecular formula is C18H15F4N5O2. The number of nitrogens with one attached hydrogen (secondary N) is 2. The molecule has 0 radical (unpaired) electrons. The number of halogens is 4. The number of amides is 2. The second-order valence-corrected chi connectivity index (χ2v) is 5.91. The Morgan fingerprint density at radius 1 is 1.03 bits per heavy atom. The first-order valence-electron chi connectivity index (χ1n) is 8.34. The van der Waals surface area contributed by atoms with Crippen LogP contribution in [0.3, 0.4) is 0 Å². The van der Waals surface area contributed by atoms with Gasteiger partial charge in [0.1, 0.15) is 23.6 Å². The van der Waals surface area contributed by atoms with E-state index in [0.717, 1.165) is 0 Å². The summed E-state index contributed by atoms with van der Waals surface area (Å²) in [4.78, 5) is 24.0. The molecule has 11 heteroatoms. The Kier molecular flexibility index (Phi) is 5.66. The predicted molar refractivity (Wildman–Crippen MR) is 94.2 cm³/mol. The van der Waals surface area contributed by atoms with E-state index in [2.05, 4.69) is 10.4 Å². The molecule has 0 unspecified atom stereocenters. The number of carbonyl (C=O) groups is 2. The van der Waals surface area contributed by atoms with Crippen LogP contribution in [0.1, 0.15) is 10.4 Å². The Bertz CT molecular complexity index is 1010. The summed E-state index contributed by atoms with van der Waals surface area (Å²) in [5.41, 5.74) is 0.103. The Morgan fingerprint density at radius 3 is 2.38 bits per heavy atom. The van der Waals surface area contributed by atoms with Gasteiger partial charge in [-0.3, -0.25) is 9.59 Å². The number of carbonyl (C=O) groups excluding carboxylic acids is 2. The van der Waals surface area contributed by atoms with Crippen molar-refractivity contribution in [2.45, 2.75) is 6.18 Å². The molecule has 2 heterocycles. The van der Waals surface area contributed by atoms with Crippen LogP contribution in [0.15, 0.2) is 55.0 Å². The van der Waals surface area contributed by atoms with Crippen LogP contribution in [0.4, 0.5) is 17.6 Å². The molecule has 0 aliphatic heterocycles. The van der Waals surface area contributed by atoms with E-state index in [1.807, 2.05) is 0 Å². The zero-order valence-electron chi connectivity index (χ0n) is 14.8. The van der Waals surface area contributed by atoms with Crippen LogP contribution in [-0.4, -0.2) is 45.4 Å². The lowest BCUT2D eigenvalue weighted by Crippen LogP contribution is -2.41. The molecule has 7 nitrogen and oxygen atoms in total. The van der Waals surface area contributed by atoms with E-state index in [1.165, 1.54) is 33.6 Å². The van der Waals surface area contributed by atoms with Gasteiger partial charge in [-0.25, -0.2) is 9.07 Å². The van der Waals surface area contributed by atoms with Crippen molar-refractivity contribution in [2.75, 3.05) is 13.1 Å². The van der Waals surface area contributed by atoms with Gasteiger partial charge in [-0.2, -0.15) is 18.3 Å². The third-order valence-electron chi connectivity index (χ3n) is 3.81. The second-order valence-electron chi connectivity index (χ2n) is 5.91. The largest absolute Gasteiger partial charge is 0.405 e. The number of benzene rings is 1. The summed E-state index contributed by atoms with van der Waals surface area (Å²) in [6.07, 6.45) is -0.144. The smallest absolute Gasteiger partial charge is 0.345 e. The number of hydrogen-bond acceptors (Lipinski definition) is 3. The van der Waals surface area contributed by atoms with Crippen molar-refractivity contribution < 1.29 is 27.2 Å². The predicted octanol–water partition coefficient (Wildman–Crippen LogP) is 2.21. The van der Waals surface area contributed by atoms with E-state index in [-0.39, 0.29) is 17.1 Å². The summed E-state index contributed by atoms with van der Waals surface area (Å²) in [5.74, 6) is -2.12. The average Bonchev–Trinajstić information content (AvgIpc) is 3.33. The fourth-order valence-corrected chi connectivity index (χ4v) is 2.54. The van der Waals surface area contributed by atoms with Crippen LogP contribution in [0.25, 0.3) is 11.5 Å². The molecule has 152 valence electrons. The first-order chi connectivity index (χ1) is 13.8. The van der Waals surface area contributed by atoms with Gasteiger partial charge in [0.15, 0.2) is 5.82 Å². The molecule has 0 saturated carbocycles. The van der Waals surface area contributed by atoms with E-state index in [1.54, 1.807) is 35.9 Å². The molecule has 3 aromatic rings. The number of nitrogens with zero attached hydrogens (tertiary/aromatic N) is 3. The number of alkyl halides is 3. The maximum atomic E-state index is 14.2. The molecule has 0 fully saturated rings. The summed E-state index contributed by atoms with van der Waals surface area (Å²) in [6, 6.07) is 9.19. The van der Waals surface area contributed by atoms with Gasteiger partial charge in [-0.1, -0.05) is 12.1 Å². The van der Waals surface area contributed by atoms with Crippen molar-refractivity contribution in [2.24, 2.45) is 0 Å². The minimum absolute atomic E-state index is 0.00748. The lowest BCUT2D eigenvalue weighted by atomic mass is 10.2. The highest BCUT2D eigenvalue weighted by atomic mass is 19.4. The summed E-state index contributed by atoms with van der Waals surface area (Å²) < 4.78 is 53.4. The molecule has 0 atom stereocenters. The molecule has 3 rings (SSSR count). The highest BCUT2D eigenvalue weighted by molar-refractivity contribution is 5.99. The number of aromatic nitrogens is 3. The molecule has 0 saturated heterocycles. The van der Waals surface area contributed by atoms with Gasteiger partial charge in [0.05, 0.1) is 12.7 Å². The van der Waals surface area contributed by atoms with Gasteiger partial charge < -0.3 is 15.2 Å². The molecule has 0 spiro atoms. The number of hydrogen-bond donors (Lipinski definition) is 2. The lowest BCUT2D eigenvalue weighted by molar-refractivity contribution is -0.137. The Hall–Kier alpha value is -3.63. The number of rotatable bonds is 6. The zero-order chi connectivity index (χ0) is 21.0. The normalized spacial score (nSPS) is 11.3. The zero-order valence-corrected chi connectivity index (χ0v) is 14.8. The average molecular weight is 409 g/mol. The maximum absolute atomic E-state index is 14.2. The first-order valence-corrected chi connectivity index (χ1v) is 8.34. The summed E-state index contributed by atoms with van der Waals surface area (Å²) in [6.45, 7) is -2.16. The number of para-hydroxylation sites is 1. The van der Waals surface area contributed by atoms with E-state index < -0.39 is 36.9 Å². The van der Waals surface area contributed by atoms with Crippen molar-refractivity contribution in [3.63, 3.8) is 0 Å². The van der Waals surface area contributed by atoms with Gasteiger partial charge in [-0.05, 0) is 24.3 Å². The van der Waals surface area contributed by atoms with E-state index in [0.29, 0.717) is 0 Å². The fraction of sp³-hybridized carbons (Fsp3) is 0.167. The van der Waals surface area contributed by atoms with Crippen LogP contribution in [-0.2, 0) is 4.79 Å². The molecule has 2 N–H and O–H groups in total. The molecule has 0 bridgehead atoms. The van der Waals surface area contributed by atoms with Gasteiger partial charge >= 0.3 is 6.18 Å². The highest BCUT2D eigenvalue weighted by Crippen LogP contribution is 2.21. The molecule has 0 aliphatic carbocycles. The van der Waals surface area contributed by atoms with Gasteiger partial charge in [0.25, 0.3) is 5.91 Å². The minimum atomic E-state index is -4.55. The fourth-order valence-electron chi connectivity index (χ4n) is 2.54. The quantitative estimate of drug-likeness (QED) is 0.613. The van der Waals surface area contributed by atoms with Crippen LogP contribution < -0.4 is 10.6 Å². The third-order valence-corrected chi connectivity index (χ3v) is 3.81. The Balaban J connectivity index is 1.84. The van der Waals surface area contributed by atoms with Gasteiger partial charge in [0, 0.05) is 12.4 Å². The van der Waals surface area contributed by atoms with Gasteiger partial charge in [-0.15, -0.1) is 0 Å². The lowest BCUT2D eigenvalue weighted by Gasteiger charge is -2.12. The highest BCUT2D eigenvalue weighted by Gasteiger charge is 2.28. The SMILES string of the molecule is O=C(CNC(=O)c1cnn(-c2ccccc2F)c1-n1cccc1)NCC(F)(F)F. The summed E-state index contributed by atoms with van der Waals surface area (Å²) in [5, 5.41) is 7.96. The monoisotopic (exact) mass is 409 g/mol. The third kappa shape index (κ3) is 4.81. The first kappa shape index (κ1) is 20.1. The summed E-state index contributed by atoms with van der Waals surface area (Å²) >= 11 is 0. The van der Waals surface area contributed by atoms with Crippen LogP contribution in [0.5, 0.6) is 0 Å². The topological polar surface area (TPSA) is 81.0 Å². The molecule has 2 aromatic heterocycles. The van der Waals surface area contributed by atoms with Crippen molar-refractivity contribution in [3.05, 3.63) is 66.4 Å². The maximum Gasteiger partial charge on any atom is 0.405 e. The Morgan fingerprint density at radius 2 is 1.72 bits per heavy atom. The van der Waals surface area contributed by atoms with Crippen molar-refractivity contribution in [3.8, 4) is 11.5 Å². The molecular weight excluding hydrogens is 394 g/mol. The van der Waals surface area contributed by atoms with E-state index in [4.69, 9.17) is 0 Å². The van der Waals surface area contributed by atoms with E-state index >= 15 is 0 Å². The van der Waals surface area contributed by atoms with Gasteiger partial charge in [0.2, 0.25) is 5.91 Å². The van der Waals surface area contributed by atoms with Crippen molar-refractivity contribution in [1.82, 2.24) is 25.0 Å². The van der Waals surface area contributed by atoms with Crippen LogP contribution in [0, 0.1) is 5.82 Å². The standard InChI is InChI=1S/C18H15F4N5O2/c19-13-5-1-2-6-14(13)27-17(26-7-3-4-8-26)12(9-25-27)16(29)23-10-15(28)24-11-18(20,21)22/h1-9H,10-11H2,(H,23,29)(H,24,28). The second kappa shape index (κ2) is 8.17. The molecule has 29 heavy (non-hydrogen) atoms. The summed E-state index contributed by atoms with van der Waals surface area (Å²) in [7, 11) is 0. The minimum Gasteiger partial charge on any atom is -0.345 e. The molecule has 1 aromatic carbocycles. The van der Waals surface area contributed by atoms with Crippen molar-refractivity contribution in [1.29, 1.82) is 0 Å². The van der Waals surface area contributed by atoms with Crippen LogP contribution in [0.2, 0.25) is 0 Å². The Labute approximate surface area is 161 Å². The van der Waals surface area contributed by atoms with E-state index in [9.17, 15) is 27.2 Å². The molecule has 0 aliphatic rings. The molecule has 2 amide bonds.